The van der Waals surface area contributed by atoms with Gasteiger partial charge in [0.1, 0.15) is 0 Å². The van der Waals surface area contributed by atoms with Gasteiger partial charge in [0, 0.05) is 22.8 Å². The Kier molecular flexibility index (Phi) is 5.68. The lowest BCUT2D eigenvalue weighted by molar-refractivity contribution is -0.386. The minimum absolute atomic E-state index is 0.0901. The molecule has 23 heavy (non-hydrogen) atoms. The third-order valence-corrected chi connectivity index (χ3v) is 4.26. The van der Waals surface area contributed by atoms with Crippen molar-refractivity contribution in [3.63, 3.8) is 0 Å². The molecule has 0 saturated carbocycles. The van der Waals surface area contributed by atoms with E-state index in [1.807, 2.05) is 6.07 Å². The highest BCUT2D eigenvalue weighted by Crippen LogP contribution is 2.37. The number of ether oxygens (including phenoxy) is 1. The zero-order valence-electron chi connectivity index (χ0n) is 12.2. The van der Waals surface area contributed by atoms with E-state index in [-0.39, 0.29) is 11.4 Å². The van der Waals surface area contributed by atoms with Gasteiger partial charge < -0.3 is 15.2 Å². The number of halogens is 2. The smallest absolute Gasteiger partial charge is 0.315 e. The average molecular weight is 402 g/mol. The summed E-state index contributed by atoms with van der Waals surface area (Å²) in [6.07, 6.45) is 0. The minimum atomic E-state index is -0.641. The van der Waals surface area contributed by atoms with Gasteiger partial charge in [-0.1, -0.05) is 11.6 Å². The molecule has 0 bridgehead atoms. The Bertz CT molecular complexity index is 740. The zero-order chi connectivity index (χ0) is 17.0. The average Bonchev–Trinajstić information content (AvgIpc) is 2.51. The van der Waals surface area contributed by atoms with Gasteiger partial charge in [0.2, 0.25) is 5.75 Å². The number of phenolic OH excluding ortho intramolecular Hbond substituents is 1. The minimum Gasteiger partial charge on any atom is -0.500 e. The Morgan fingerprint density at radius 2 is 2.13 bits per heavy atom. The van der Waals surface area contributed by atoms with Gasteiger partial charge in [0.05, 0.1) is 16.6 Å². The maximum atomic E-state index is 11.0. The van der Waals surface area contributed by atoms with Gasteiger partial charge in [-0.15, -0.1) is 0 Å². The molecule has 0 saturated heterocycles. The lowest BCUT2D eigenvalue weighted by Gasteiger charge is -2.11. The van der Waals surface area contributed by atoms with Crippen molar-refractivity contribution in [2.24, 2.45) is 0 Å². The first kappa shape index (κ1) is 17.4. The Balaban J connectivity index is 2.24. The molecular weight excluding hydrogens is 388 g/mol. The molecular formula is C15H14BrClN2O4. The largest absolute Gasteiger partial charge is 0.500 e. The fourth-order valence-electron chi connectivity index (χ4n) is 1.97. The van der Waals surface area contributed by atoms with Gasteiger partial charge in [0.25, 0.3) is 0 Å². The molecule has 6 nitrogen and oxygen atoms in total. The summed E-state index contributed by atoms with van der Waals surface area (Å²) in [7, 11) is 0. The molecule has 0 aliphatic rings. The van der Waals surface area contributed by atoms with Crippen molar-refractivity contribution in [1.82, 2.24) is 0 Å². The van der Waals surface area contributed by atoms with Crippen LogP contribution in [0.2, 0.25) is 5.02 Å². The van der Waals surface area contributed by atoms with Crippen molar-refractivity contribution < 1.29 is 14.8 Å². The topological polar surface area (TPSA) is 84.6 Å². The van der Waals surface area contributed by atoms with Crippen LogP contribution < -0.4 is 10.1 Å². The first-order chi connectivity index (χ1) is 10.9. The van der Waals surface area contributed by atoms with Crippen molar-refractivity contribution in [2.45, 2.75) is 13.5 Å². The van der Waals surface area contributed by atoms with Crippen LogP contribution >= 0.6 is 27.5 Å². The molecule has 0 unspecified atom stereocenters. The molecule has 0 aliphatic carbocycles. The fourth-order valence-corrected chi connectivity index (χ4v) is 2.39. The van der Waals surface area contributed by atoms with Crippen LogP contribution in [0.4, 0.5) is 11.4 Å². The van der Waals surface area contributed by atoms with E-state index in [9.17, 15) is 15.2 Å². The highest BCUT2D eigenvalue weighted by Gasteiger charge is 2.20. The van der Waals surface area contributed by atoms with Crippen molar-refractivity contribution >= 4 is 38.9 Å². The number of rotatable bonds is 6. The van der Waals surface area contributed by atoms with Crippen LogP contribution in [-0.4, -0.2) is 16.6 Å². The van der Waals surface area contributed by atoms with Gasteiger partial charge in [-0.2, -0.15) is 0 Å². The second-order valence-corrected chi connectivity index (χ2v) is 5.90. The van der Waals surface area contributed by atoms with Crippen LogP contribution in [0.15, 0.2) is 34.8 Å². The summed E-state index contributed by atoms with van der Waals surface area (Å²) in [5, 5.41) is 24.6. The van der Waals surface area contributed by atoms with E-state index in [0.717, 1.165) is 10.2 Å². The molecule has 0 radical (unpaired) electrons. The third-order valence-electron chi connectivity index (χ3n) is 3.03. The number of hydrogen-bond donors (Lipinski definition) is 2. The maximum Gasteiger partial charge on any atom is 0.315 e. The van der Waals surface area contributed by atoms with Crippen LogP contribution in [-0.2, 0) is 6.54 Å². The molecule has 2 aromatic carbocycles. The van der Waals surface area contributed by atoms with Crippen LogP contribution in [0.5, 0.6) is 11.5 Å². The lowest BCUT2D eigenvalue weighted by Crippen LogP contribution is -2.02. The summed E-state index contributed by atoms with van der Waals surface area (Å²) in [6, 6.07) is 8.25. The maximum absolute atomic E-state index is 11.0. The Morgan fingerprint density at radius 1 is 1.39 bits per heavy atom. The molecule has 2 rings (SSSR count). The number of aromatic hydroxyl groups is 1. The predicted molar refractivity (Wildman–Crippen MR) is 92.4 cm³/mol. The van der Waals surface area contributed by atoms with Crippen molar-refractivity contribution in [2.75, 3.05) is 11.9 Å². The van der Waals surface area contributed by atoms with Crippen LogP contribution in [0, 0.1) is 10.1 Å². The van der Waals surface area contributed by atoms with Crippen molar-refractivity contribution in [1.29, 1.82) is 0 Å². The number of anilines is 1. The summed E-state index contributed by atoms with van der Waals surface area (Å²) in [5.41, 5.74) is 0.991. The van der Waals surface area contributed by atoms with E-state index in [4.69, 9.17) is 16.3 Å². The number of nitro benzene ring substituents is 1. The molecule has 0 heterocycles. The SMILES string of the molecule is CCOc1cc(CNc2ccc(Br)c(Cl)c2)cc([N+](=O)[O-])c1O. The summed E-state index contributed by atoms with van der Waals surface area (Å²) in [6.45, 7) is 2.35. The van der Waals surface area contributed by atoms with Gasteiger partial charge in [-0.3, -0.25) is 10.1 Å². The summed E-state index contributed by atoms with van der Waals surface area (Å²) in [5.74, 6) is -0.375. The molecule has 0 aromatic heterocycles. The molecule has 8 heteroatoms. The molecule has 0 atom stereocenters. The zero-order valence-corrected chi connectivity index (χ0v) is 14.5. The van der Waals surface area contributed by atoms with E-state index >= 15 is 0 Å². The molecule has 0 spiro atoms. The first-order valence-electron chi connectivity index (χ1n) is 6.74. The van der Waals surface area contributed by atoms with Gasteiger partial charge in [-0.05, 0) is 52.7 Å². The summed E-state index contributed by atoms with van der Waals surface area (Å²) < 4.78 is 6.03. The van der Waals surface area contributed by atoms with E-state index in [1.54, 1.807) is 25.1 Å². The fraction of sp³-hybridized carbons (Fsp3) is 0.200. The monoisotopic (exact) mass is 400 g/mol. The molecule has 122 valence electrons. The number of nitro groups is 1. The number of phenols is 1. The quantitative estimate of drug-likeness (QED) is 0.540. The first-order valence-corrected chi connectivity index (χ1v) is 7.91. The molecule has 2 aromatic rings. The van der Waals surface area contributed by atoms with E-state index in [1.165, 1.54) is 6.07 Å². The second kappa shape index (κ2) is 7.52. The Morgan fingerprint density at radius 3 is 2.74 bits per heavy atom. The van der Waals surface area contributed by atoms with E-state index < -0.39 is 10.7 Å². The second-order valence-electron chi connectivity index (χ2n) is 4.63. The number of hydrogen-bond acceptors (Lipinski definition) is 5. The molecule has 0 amide bonds. The summed E-state index contributed by atoms with van der Waals surface area (Å²) >= 11 is 9.33. The highest BCUT2D eigenvalue weighted by atomic mass is 79.9. The number of benzene rings is 2. The van der Waals surface area contributed by atoms with Crippen LogP contribution in [0.1, 0.15) is 12.5 Å². The van der Waals surface area contributed by atoms with Gasteiger partial charge in [0.15, 0.2) is 5.75 Å². The van der Waals surface area contributed by atoms with Crippen LogP contribution in [0.3, 0.4) is 0 Å². The van der Waals surface area contributed by atoms with E-state index in [2.05, 4.69) is 21.2 Å². The van der Waals surface area contributed by atoms with E-state index in [0.29, 0.717) is 23.7 Å². The van der Waals surface area contributed by atoms with Crippen molar-refractivity contribution in [3.8, 4) is 11.5 Å². The van der Waals surface area contributed by atoms with Crippen LogP contribution in [0.25, 0.3) is 0 Å². The Labute approximate surface area is 146 Å². The number of nitrogens with one attached hydrogen (secondary N) is 1. The standard InChI is InChI=1S/C15H14BrClN2O4/c1-2-23-14-6-9(5-13(15(14)20)19(21)22)8-18-10-3-4-11(16)12(17)7-10/h3-7,18,20H,2,8H2,1H3. The third kappa shape index (κ3) is 4.27. The van der Waals surface area contributed by atoms with Crippen molar-refractivity contribution in [3.05, 3.63) is 55.5 Å². The Hall–Kier alpha value is -1.99. The molecule has 2 N–H and O–H groups in total. The van der Waals surface area contributed by atoms with Gasteiger partial charge >= 0.3 is 5.69 Å². The summed E-state index contributed by atoms with van der Waals surface area (Å²) in [4.78, 5) is 10.4. The van der Waals surface area contributed by atoms with Gasteiger partial charge in [-0.25, -0.2) is 0 Å². The predicted octanol–water partition coefficient (Wildman–Crippen LogP) is 4.73. The lowest BCUT2D eigenvalue weighted by atomic mass is 10.1. The molecule has 0 aliphatic heterocycles. The normalized spacial score (nSPS) is 10.4. The molecule has 0 fully saturated rings. The highest BCUT2D eigenvalue weighted by molar-refractivity contribution is 9.10. The number of nitrogens with zero attached hydrogens (tertiary/aromatic N) is 1.